The zero-order chi connectivity index (χ0) is 12.4. The van der Waals surface area contributed by atoms with Crippen molar-refractivity contribution in [3.8, 4) is 0 Å². The minimum Gasteiger partial charge on any atom is -0.344 e. The predicted octanol–water partition coefficient (Wildman–Crippen LogP) is 2.95. The molecule has 92 valence electrons. The summed E-state index contributed by atoms with van der Waals surface area (Å²) in [5.74, 6) is -0.0146. The van der Waals surface area contributed by atoms with E-state index < -0.39 is 0 Å². The number of hydrogen-bond donors (Lipinski definition) is 1. The van der Waals surface area contributed by atoms with E-state index in [1.54, 1.807) is 12.3 Å². The molecule has 3 rings (SSSR count). The van der Waals surface area contributed by atoms with Crippen LogP contribution in [0.3, 0.4) is 0 Å². The van der Waals surface area contributed by atoms with E-state index in [1.165, 1.54) is 22.7 Å². The van der Waals surface area contributed by atoms with E-state index in [1.807, 2.05) is 6.07 Å². The number of aryl methyl sites for hydroxylation is 1. The van der Waals surface area contributed by atoms with Gasteiger partial charge in [0, 0.05) is 6.20 Å². The highest BCUT2D eigenvalue weighted by atomic mass is 32.1. The van der Waals surface area contributed by atoms with E-state index in [-0.39, 0.29) is 11.9 Å². The van der Waals surface area contributed by atoms with E-state index in [2.05, 4.69) is 27.9 Å². The molecule has 1 atom stereocenters. The molecule has 0 saturated heterocycles. The van der Waals surface area contributed by atoms with Gasteiger partial charge in [0.15, 0.2) is 0 Å². The van der Waals surface area contributed by atoms with Crippen LogP contribution in [0.4, 0.5) is 0 Å². The zero-order valence-corrected chi connectivity index (χ0v) is 10.7. The molecule has 3 nitrogen and oxygen atoms in total. The predicted molar refractivity (Wildman–Crippen MR) is 71.7 cm³/mol. The van der Waals surface area contributed by atoms with Gasteiger partial charge < -0.3 is 5.32 Å². The Labute approximate surface area is 110 Å². The van der Waals surface area contributed by atoms with Gasteiger partial charge in [-0.15, -0.1) is 0 Å². The summed E-state index contributed by atoms with van der Waals surface area (Å²) in [6.07, 6.45) is 4.92. The molecule has 0 saturated carbocycles. The molecule has 1 heterocycles. The van der Waals surface area contributed by atoms with E-state index in [4.69, 9.17) is 0 Å². The van der Waals surface area contributed by atoms with Crippen molar-refractivity contribution in [2.24, 2.45) is 0 Å². The normalized spacial score (nSPS) is 18.1. The van der Waals surface area contributed by atoms with Gasteiger partial charge in [-0.25, -0.2) is 4.37 Å². The van der Waals surface area contributed by atoms with E-state index in [0.29, 0.717) is 4.88 Å². The fourth-order valence-electron chi connectivity index (χ4n) is 2.47. The molecule has 1 aliphatic carbocycles. The number of fused-ring (bicyclic) bond motifs is 1. The number of rotatable bonds is 2. The summed E-state index contributed by atoms with van der Waals surface area (Å²) in [6.45, 7) is 0. The van der Waals surface area contributed by atoms with Gasteiger partial charge in [-0.3, -0.25) is 4.79 Å². The zero-order valence-electron chi connectivity index (χ0n) is 9.93. The fraction of sp³-hybridized carbons (Fsp3) is 0.286. The molecule has 0 bridgehead atoms. The highest BCUT2D eigenvalue weighted by Crippen LogP contribution is 2.29. The third kappa shape index (κ3) is 2.16. The monoisotopic (exact) mass is 258 g/mol. The molecule has 1 aromatic heterocycles. The topological polar surface area (TPSA) is 42.0 Å². The van der Waals surface area contributed by atoms with Crippen LogP contribution in [0, 0.1) is 0 Å². The first-order valence-electron chi connectivity index (χ1n) is 6.14. The molecule has 0 aliphatic heterocycles. The van der Waals surface area contributed by atoms with Crippen molar-refractivity contribution in [1.29, 1.82) is 0 Å². The van der Waals surface area contributed by atoms with Crippen LogP contribution in [0.5, 0.6) is 0 Å². The second kappa shape index (κ2) is 4.90. The third-order valence-electron chi connectivity index (χ3n) is 3.34. The van der Waals surface area contributed by atoms with Crippen LogP contribution in [0.1, 0.15) is 39.7 Å². The van der Waals surface area contributed by atoms with Crippen molar-refractivity contribution in [3.63, 3.8) is 0 Å². The highest BCUT2D eigenvalue weighted by molar-refractivity contribution is 7.08. The maximum absolute atomic E-state index is 12.0. The number of nitrogens with one attached hydrogen (secondary N) is 1. The highest BCUT2D eigenvalue weighted by Gasteiger charge is 2.22. The average Bonchev–Trinajstić information content (AvgIpc) is 2.93. The molecule has 0 spiro atoms. The molecule has 0 radical (unpaired) electrons. The van der Waals surface area contributed by atoms with Crippen LogP contribution in [0.2, 0.25) is 0 Å². The Balaban J connectivity index is 1.80. The van der Waals surface area contributed by atoms with Gasteiger partial charge in [0.2, 0.25) is 0 Å². The molecule has 0 fully saturated rings. The lowest BCUT2D eigenvalue weighted by Gasteiger charge is -2.26. The third-order valence-corrected chi connectivity index (χ3v) is 4.08. The van der Waals surface area contributed by atoms with Crippen molar-refractivity contribution >= 4 is 17.4 Å². The Morgan fingerprint density at radius 1 is 1.33 bits per heavy atom. The van der Waals surface area contributed by atoms with E-state index in [9.17, 15) is 4.79 Å². The largest absolute Gasteiger partial charge is 0.344 e. The Kier molecular flexibility index (Phi) is 3.11. The number of carbonyl (C=O) groups is 1. The molecule has 1 unspecified atom stereocenters. The summed E-state index contributed by atoms with van der Waals surface area (Å²) in [7, 11) is 0. The van der Waals surface area contributed by atoms with Gasteiger partial charge >= 0.3 is 0 Å². The lowest BCUT2D eigenvalue weighted by Crippen LogP contribution is -2.30. The van der Waals surface area contributed by atoms with Crippen molar-refractivity contribution < 1.29 is 4.79 Å². The summed E-state index contributed by atoms with van der Waals surface area (Å²) in [5, 5.41) is 3.11. The van der Waals surface area contributed by atoms with Crippen molar-refractivity contribution in [2.75, 3.05) is 0 Å². The van der Waals surface area contributed by atoms with Crippen molar-refractivity contribution in [2.45, 2.75) is 25.3 Å². The van der Waals surface area contributed by atoms with Gasteiger partial charge in [0.1, 0.15) is 4.88 Å². The quantitative estimate of drug-likeness (QED) is 0.900. The minimum absolute atomic E-state index is 0.0146. The summed E-state index contributed by atoms with van der Waals surface area (Å²) in [6, 6.07) is 10.3. The molecule has 1 aromatic carbocycles. The van der Waals surface area contributed by atoms with Crippen LogP contribution in [0.25, 0.3) is 0 Å². The number of benzene rings is 1. The van der Waals surface area contributed by atoms with Crippen LogP contribution in [-0.2, 0) is 6.42 Å². The molecular formula is C14H14N2OS. The van der Waals surface area contributed by atoms with Gasteiger partial charge in [0.05, 0.1) is 6.04 Å². The Morgan fingerprint density at radius 3 is 3.06 bits per heavy atom. The smallest absolute Gasteiger partial charge is 0.263 e. The number of nitrogens with zero attached hydrogens (tertiary/aromatic N) is 1. The number of amides is 1. The summed E-state index contributed by atoms with van der Waals surface area (Å²) < 4.78 is 3.96. The number of aromatic nitrogens is 1. The summed E-state index contributed by atoms with van der Waals surface area (Å²) >= 11 is 1.24. The van der Waals surface area contributed by atoms with Gasteiger partial charge in [-0.2, -0.15) is 0 Å². The van der Waals surface area contributed by atoms with Gasteiger partial charge in [0.25, 0.3) is 5.91 Å². The molecular weight excluding hydrogens is 244 g/mol. The summed E-state index contributed by atoms with van der Waals surface area (Å²) in [4.78, 5) is 12.7. The minimum atomic E-state index is -0.0146. The van der Waals surface area contributed by atoms with Crippen LogP contribution in [-0.4, -0.2) is 10.3 Å². The first-order chi connectivity index (χ1) is 8.84. The van der Waals surface area contributed by atoms with E-state index >= 15 is 0 Å². The molecule has 2 aromatic rings. The fourth-order valence-corrected chi connectivity index (χ4v) is 2.96. The second-order valence-corrected chi connectivity index (χ2v) is 5.33. The number of hydrogen-bond acceptors (Lipinski definition) is 3. The first kappa shape index (κ1) is 11.4. The van der Waals surface area contributed by atoms with Crippen LogP contribution >= 0.6 is 11.5 Å². The van der Waals surface area contributed by atoms with Crippen molar-refractivity contribution in [3.05, 3.63) is 52.5 Å². The molecule has 1 aliphatic rings. The lowest BCUT2D eigenvalue weighted by molar-refractivity contribution is 0.0937. The lowest BCUT2D eigenvalue weighted by atomic mass is 9.88. The molecule has 18 heavy (non-hydrogen) atoms. The maximum atomic E-state index is 12.0. The number of carbonyl (C=O) groups excluding carboxylic acids is 1. The van der Waals surface area contributed by atoms with E-state index in [0.717, 1.165) is 19.3 Å². The maximum Gasteiger partial charge on any atom is 0.263 e. The SMILES string of the molecule is O=C(NC1CCCc2ccccc21)c1ccns1. The standard InChI is InChI=1S/C14H14N2OS/c17-14(13-8-9-15-18-13)16-12-7-3-5-10-4-1-2-6-11(10)12/h1-2,4,6,8-9,12H,3,5,7H2,(H,16,17). The molecule has 4 heteroatoms. The molecule has 1 N–H and O–H groups in total. The summed E-state index contributed by atoms with van der Waals surface area (Å²) in [5.41, 5.74) is 2.62. The van der Waals surface area contributed by atoms with Crippen molar-refractivity contribution in [1.82, 2.24) is 9.69 Å². The first-order valence-corrected chi connectivity index (χ1v) is 6.91. The average molecular weight is 258 g/mol. The van der Waals surface area contributed by atoms with Crippen LogP contribution < -0.4 is 5.32 Å². The van der Waals surface area contributed by atoms with Gasteiger partial charge in [-0.1, -0.05) is 24.3 Å². The second-order valence-electron chi connectivity index (χ2n) is 4.49. The van der Waals surface area contributed by atoms with Crippen LogP contribution in [0.15, 0.2) is 36.5 Å². The van der Waals surface area contributed by atoms with Gasteiger partial charge in [-0.05, 0) is 48.0 Å². The Morgan fingerprint density at radius 2 is 2.22 bits per heavy atom. The Bertz CT molecular complexity index is 551. The molecule has 1 amide bonds. The Hall–Kier alpha value is -1.68.